The van der Waals surface area contributed by atoms with Gasteiger partial charge in [-0.3, -0.25) is 4.90 Å². The van der Waals surface area contributed by atoms with Gasteiger partial charge in [0.25, 0.3) is 0 Å². The Morgan fingerprint density at radius 3 is 2.67 bits per heavy atom. The van der Waals surface area contributed by atoms with Gasteiger partial charge >= 0.3 is 0 Å². The molecule has 2 aromatic carbocycles. The second kappa shape index (κ2) is 6.33. The first-order valence-corrected chi connectivity index (χ1v) is 9.26. The van der Waals surface area contributed by atoms with Crippen LogP contribution in [-0.2, 0) is 12.8 Å². The number of hydrogen-bond acceptors (Lipinski definition) is 1. The lowest BCUT2D eigenvalue weighted by molar-refractivity contribution is 0.174. The summed E-state index contributed by atoms with van der Waals surface area (Å²) < 4.78 is 13.4. The maximum absolute atomic E-state index is 13.4. The minimum absolute atomic E-state index is 0.156. The Kier molecular flexibility index (Phi) is 4.17. The average molecular weight is 323 g/mol. The van der Waals surface area contributed by atoms with E-state index in [4.69, 9.17) is 0 Å². The van der Waals surface area contributed by atoms with Gasteiger partial charge in [-0.2, -0.15) is 0 Å². The molecule has 0 spiro atoms. The highest BCUT2D eigenvalue weighted by Crippen LogP contribution is 2.33. The lowest BCUT2D eigenvalue weighted by Crippen LogP contribution is -2.41. The molecule has 2 heteroatoms. The molecule has 1 nitrogen and oxygen atoms in total. The van der Waals surface area contributed by atoms with Crippen molar-refractivity contribution in [3.05, 3.63) is 58.9 Å². The average Bonchev–Trinajstić information content (AvgIpc) is 3.00. The molecule has 0 N–H and O–H groups in total. The Balaban J connectivity index is 1.59. The maximum atomic E-state index is 13.4. The van der Waals surface area contributed by atoms with E-state index >= 15 is 0 Å². The molecule has 4 rings (SSSR count). The van der Waals surface area contributed by atoms with E-state index in [1.807, 2.05) is 13.0 Å². The molecule has 0 radical (unpaired) electrons. The Morgan fingerprint density at radius 1 is 1.04 bits per heavy atom. The summed E-state index contributed by atoms with van der Waals surface area (Å²) in [7, 11) is 0. The number of likely N-dealkylation sites (tertiary alicyclic amines) is 1. The van der Waals surface area contributed by atoms with E-state index in [0.29, 0.717) is 6.04 Å². The summed E-state index contributed by atoms with van der Waals surface area (Å²) in [5.41, 5.74) is 6.37. The molecular weight excluding hydrogens is 297 g/mol. The van der Waals surface area contributed by atoms with Crippen LogP contribution in [0.15, 0.2) is 36.4 Å². The second-order valence-electron chi connectivity index (χ2n) is 7.57. The highest BCUT2D eigenvalue weighted by atomic mass is 19.1. The first-order valence-electron chi connectivity index (χ1n) is 9.26. The van der Waals surface area contributed by atoms with Crippen LogP contribution in [0, 0.1) is 12.7 Å². The molecule has 2 unspecified atom stereocenters. The van der Waals surface area contributed by atoms with Crippen molar-refractivity contribution in [1.82, 2.24) is 4.90 Å². The Labute approximate surface area is 144 Å². The summed E-state index contributed by atoms with van der Waals surface area (Å²) in [6.07, 6.45) is 6.32. The smallest absolute Gasteiger partial charge is 0.123 e. The fraction of sp³-hybridized carbons (Fsp3) is 0.455. The molecule has 2 aromatic rings. The van der Waals surface area contributed by atoms with E-state index in [-0.39, 0.29) is 5.82 Å². The van der Waals surface area contributed by atoms with Crippen LogP contribution >= 0.6 is 0 Å². The Hall–Kier alpha value is -1.67. The van der Waals surface area contributed by atoms with Crippen LogP contribution in [0.25, 0.3) is 11.1 Å². The van der Waals surface area contributed by atoms with Crippen molar-refractivity contribution in [3.63, 3.8) is 0 Å². The normalized spacial score (nSPS) is 24.1. The monoisotopic (exact) mass is 323 g/mol. The minimum Gasteiger partial charge on any atom is -0.297 e. The van der Waals surface area contributed by atoms with Crippen LogP contribution in [0.1, 0.15) is 42.9 Å². The molecule has 1 saturated heterocycles. The van der Waals surface area contributed by atoms with Gasteiger partial charge in [-0.05, 0) is 92.4 Å². The van der Waals surface area contributed by atoms with E-state index in [1.54, 1.807) is 12.1 Å². The summed E-state index contributed by atoms with van der Waals surface area (Å²) >= 11 is 0. The molecule has 126 valence electrons. The second-order valence-corrected chi connectivity index (χ2v) is 7.57. The fourth-order valence-electron chi connectivity index (χ4n) is 4.64. The van der Waals surface area contributed by atoms with E-state index in [0.717, 1.165) is 23.6 Å². The predicted molar refractivity (Wildman–Crippen MR) is 97.8 cm³/mol. The zero-order valence-electron chi connectivity index (χ0n) is 14.7. The predicted octanol–water partition coefficient (Wildman–Crippen LogP) is 5.14. The van der Waals surface area contributed by atoms with Crippen molar-refractivity contribution in [2.75, 3.05) is 6.54 Å². The Morgan fingerprint density at radius 2 is 1.92 bits per heavy atom. The number of hydrogen-bond donors (Lipinski definition) is 0. The van der Waals surface area contributed by atoms with Crippen LogP contribution in [0.3, 0.4) is 0 Å². The molecule has 24 heavy (non-hydrogen) atoms. The van der Waals surface area contributed by atoms with Gasteiger partial charge in [-0.25, -0.2) is 4.39 Å². The molecule has 1 heterocycles. The van der Waals surface area contributed by atoms with Gasteiger partial charge in [0.2, 0.25) is 0 Å². The van der Waals surface area contributed by atoms with Crippen molar-refractivity contribution >= 4 is 0 Å². The van der Waals surface area contributed by atoms with Crippen molar-refractivity contribution in [1.29, 1.82) is 0 Å². The summed E-state index contributed by atoms with van der Waals surface area (Å²) in [6, 6.07) is 13.4. The SMILES string of the molecule is Cc1cc(F)ccc1-c1ccc2c(c1)CCC(N1CCCC1C)C2. The van der Waals surface area contributed by atoms with E-state index < -0.39 is 0 Å². The highest BCUT2D eigenvalue weighted by molar-refractivity contribution is 5.68. The largest absolute Gasteiger partial charge is 0.297 e. The highest BCUT2D eigenvalue weighted by Gasteiger charge is 2.30. The number of fused-ring (bicyclic) bond motifs is 1. The molecule has 0 saturated carbocycles. The topological polar surface area (TPSA) is 3.24 Å². The van der Waals surface area contributed by atoms with Crippen LogP contribution in [-0.4, -0.2) is 23.5 Å². The fourth-order valence-corrected chi connectivity index (χ4v) is 4.64. The first-order chi connectivity index (χ1) is 11.6. The van der Waals surface area contributed by atoms with Gasteiger partial charge in [0, 0.05) is 12.1 Å². The number of benzene rings is 2. The van der Waals surface area contributed by atoms with E-state index in [1.165, 1.54) is 48.9 Å². The van der Waals surface area contributed by atoms with Gasteiger partial charge < -0.3 is 0 Å². The van der Waals surface area contributed by atoms with Crippen molar-refractivity contribution < 1.29 is 4.39 Å². The minimum atomic E-state index is -0.156. The summed E-state index contributed by atoms with van der Waals surface area (Å²) in [4.78, 5) is 2.72. The molecule has 1 fully saturated rings. The van der Waals surface area contributed by atoms with E-state index in [9.17, 15) is 4.39 Å². The quantitative estimate of drug-likeness (QED) is 0.739. The third-order valence-corrected chi connectivity index (χ3v) is 5.98. The van der Waals surface area contributed by atoms with Crippen LogP contribution in [0.2, 0.25) is 0 Å². The summed E-state index contributed by atoms with van der Waals surface area (Å²) in [6.45, 7) is 5.64. The first kappa shape index (κ1) is 15.8. The standard InChI is InChI=1S/C22H26FN/c1-15-12-20(23)8-10-22(15)19-6-5-18-14-21(9-7-17(18)13-19)24-11-3-4-16(24)2/h5-6,8,10,12-13,16,21H,3-4,7,9,11,14H2,1-2H3. The molecular formula is C22H26FN. The molecule has 0 amide bonds. The van der Waals surface area contributed by atoms with E-state index in [2.05, 4.69) is 30.0 Å². The van der Waals surface area contributed by atoms with Crippen molar-refractivity contribution in [3.8, 4) is 11.1 Å². The molecule has 1 aliphatic carbocycles. The van der Waals surface area contributed by atoms with Crippen LogP contribution in [0.4, 0.5) is 4.39 Å². The zero-order chi connectivity index (χ0) is 16.7. The number of rotatable bonds is 2. The summed E-state index contributed by atoms with van der Waals surface area (Å²) in [5.74, 6) is -0.156. The molecule has 2 aliphatic rings. The van der Waals surface area contributed by atoms with Gasteiger partial charge in [0.1, 0.15) is 5.82 Å². The van der Waals surface area contributed by atoms with Gasteiger partial charge in [-0.1, -0.05) is 24.3 Å². The van der Waals surface area contributed by atoms with Gasteiger partial charge in [0.15, 0.2) is 0 Å². The molecule has 1 aliphatic heterocycles. The number of aryl methyl sites for hydroxylation is 2. The molecule has 0 bridgehead atoms. The lowest BCUT2D eigenvalue weighted by atomic mass is 9.85. The van der Waals surface area contributed by atoms with Gasteiger partial charge in [-0.15, -0.1) is 0 Å². The van der Waals surface area contributed by atoms with Crippen molar-refractivity contribution in [2.45, 2.75) is 58.0 Å². The van der Waals surface area contributed by atoms with Crippen LogP contribution < -0.4 is 0 Å². The number of halogens is 1. The third-order valence-electron chi connectivity index (χ3n) is 5.98. The van der Waals surface area contributed by atoms with Gasteiger partial charge in [0.05, 0.1) is 0 Å². The van der Waals surface area contributed by atoms with Crippen LogP contribution in [0.5, 0.6) is 0 Å². The zero-order valence-corrected chi connectivity index (χ0v) is 14.7. The lowest BCUT2D eigenvalue weighted by Gasteiger charge is -2.35. The maximum Gasteiger partial charge on any atom is 0.123 e. The molecule has 0 aromatic heterocycles. The third kappa shape index (κ3) is 2.88. The number of nitrogens with zero attached hydrogens (tertiary/aromatic N) is 1. The molecule has 2 atom stereocenters. The Bertz CT molecular complexity index is 752. The van der Waals surface area contributed by atoms with Crippen molar-refractivity contribution in [2.24, 2.45) is 0 Å². The summed E-state index contributed by atoms with van der Waals surface area (Å²) in [5, 5.41) is 0.